The van der Waals surface area contributed by atoms with Crippen LogP contribution in [0.15, 0.2) is 67.1 Å². The van der Waals surface area contributed by atoms with Gasteiger partial charge >= 0.3 is 0 Å². The molecule has 1 saturated heterocycles. The molecule has 0 spiro atoms. The van der Waals surface area contributed by atoms with Gasteiger partial charge in [0.15, 0.2) is 11.6 Å². The Bertz CT molecular complexity index is 1660. The SMILES string of the molecule is N#Cc1ccncc1-c1ccc(CC(=O)c2ccnc(-c3c(F)cccc3C3CC3)n2)c(N2C[C@@H](N)C[C@H]2CO)c1. The number of carbonyl (C=O) groups is 1. The molecule has 41 heavy (non-hydrogen) atoms. The largest absolute Gasteiger partial charge is 0.394 e. The van der Waals surface area contributed by atoms with Gasteiger partial charge < -0.3 is 15.7 Å². The molecule has 2 fully saturated rings. The van der Waals surface area contributed by atoms with Gasteiger partial charge in [-0.3, -0.25) is 9.78 Å². The van der Waals surface area contributed by atoms with Crippen LogP contribution in [0.2, 0.25) is 0 Å². The number of nitrogens with zero attached hydrogens (tertiary/aromatic N) is 5. The molecule has 1 aliphatic carbocycles. The van der Waals surface area contributed by atoms with Crippen LogP contribution < -0.4 is 10.6 Å². The number of aromatic nitrogens is 3. The first-order valence-corrected chi connectivity index (χ1v) is 13.7. The van der Waals surface area contributed by atoms with E-state index in [1.165, 1.54) is 12.3 Å². The molecule has 2 aliphatic rings. The van der Waals surface area contributed by atoms with Crippen molar-refractivity contribution in [3.63, 3.8) is 0 Å². The molecule has 2 atom stereocenters. The molecule has 2 aromatic heterocycles. The van der Waals surface area contributed by atoms with Gasteiger partial charge in [0, 0.05) is 48.8 Å². The summed E-state index contributed by atoms with van der Waals surface area (Å²) in [7, 11) is 0. The Hall–Kier alpha value is -4.52. The number of Topliss-reactive ketones (excluding diaryl/α,β-unsaturated/α-hetero) is 1. The van der Waals surface area contributed by atoms with Gasteiger partial charge in [-0.1, -0.05) is 24.3 Å². The molecule has 0 amide bonds. The maximum absolute atomic E-state index is 14.9. The maximum atomic E-state index is 14.9. The molecule has 0 unspecified atom stereocenters. The van der Waals surface area contributed by atoms with E-state index in [1.54, 1.807) is 30.6 Å². The molecule has 1 saturated carbocycles. The fourth-order valence-electron chi connectivity index (χ4n) is 5.70. The minimum absolute atomic E-state index is 0.0286. The summed E-state index contributed by atoms with van der Waals surface area (Å²) in [4.78, 5) is 28.7. The van der Waals surface area contributed by atoms with Crippen LogP contribution in [-0.4, -0.2) is 51.1 Å². The van der Waals surface area contributed by atoms with E-state index in [4.69, 9.17) is 5.73 Å². The molecule has 3 N–H and O–H groups in total. The van der Waals surface area contributed by atoms with Crippen LogP contribution in [0.5, 0.6) is 0 Å². The number of nitriles is 1. The number of ketones is 1. The van der Waals surface area contributed by atoms with Crippen LogP contribution in [0.3, 0.4) is 0 Å². The van der Waals surface area contributed by atoms with Crippen molar-refractivity contribution in [2.45, 2.75) is 43.7 Å². The van der Waals surface area contributed by atoms with Crippen molar-refractivity contribution in [3.05, 3.63) is 95.3 Å². The predicted molar refractivity (Wildman–Crippen MR) is 153 cm³/mol. The third-order valence-corrected chi connectivity index (χ3v) is 7.88. The Morgan fingerprint density at radius 1 is 1.17 bits per heavy atom. The summed E-state index contributed by atoms with van der Waals surface area (Å²) in [5.74, 6) is -0.144. The second-order valence-electron chi connectivity index (χ2n) is 10.7. The monoisotopic (exact) mass is 548 g/mol. The third kappa shape index (κ3) is 5.32. The molecule has 4 aromatic rings. The number of hydrogen-bond donors (Lipinski definition) is 2. The van der Waals surface area contributed by atoms with Crippen molar-refractivity contribution >= 4 is 11.5 Å². The normalized spacial score (nSPS) is 18.3. The van der Waals surface area contributed by atoms with E-state index in [-0.39, 0.29) is 48.3 Å². The number of halogens is 1. The first-order valence-electron chi connectivity index (χ1n) is 13.7. The second kappa shape index (κ2) is 11.2. The highest BCUT2D eigenvalue weighted by Crippen LogP contribution is 2.44. The average molecular weight is 549 g/mol. The Kier molecular flexibility index (Phi) is 7.26. The van der Waals surface area contributed by atoms with E-state index in [0.29, 0.717) is 29.7 Å². The summed E-state index contributed by atoms with van der Waals surface area (Å²) in [6, 6.07) is 15.7. The lowest BCUT2D eigenvalue weighted by Gasteiger charge is -2.28. The number of pyridine rings is 1. The van der Waals surface area contributed by atoms with Gasteiger partial charge in [-0.25, -0.2) is 14.4 Å². The number of rotatable bonds is 8. The molecule has 0 radical (unpaired) electrons. The number of aliphatic hydroxyl groups is 1. The molecule has 6 rings (SSSR count). The van der Waals surface area contributed by atoms with Crippen LogP contribution in [0.1, 0.15) is 52.4 Å². The lowest BCUT2D eigenvalue weighted by Crippen LogP contribution is -2.34. The topological polar surface area (TPSA) is 129 Å². The average Bonchev–Trinajstić information content (AvgIpc) is 3.78. The first kappa shape index (κ1) is 26.7. The van der Waals surface area contributed by atoms with Crippen molar-refractivity contribution in [2.24, 2.45) is 5.73 Å². The van der Waals surface area contributed by atoms with Gasteiger partial charge in [-0.05, 0) is 66.1 Å². The quantitative estimate of drug-likeness (QED) is 0.310. The molecule has 2 aromatic carbocycles. The molecule has 8 nitrogen and oxygen atoms in total. The molecular weight excluding hydrogens is 519 g/mol. The van der Waals surface area contributed by atoms with E-state index in [2.05, 4.69) is 21.0 Å². The molecule has 1 aliphatic heterocycles. The van der Waals surface area contributed by atoms with Crippen molar-refractivity contribution in [2.75, 3.05) is 18.1 Å². The van der Waals surface area contributed by atoms with E-state index in [9.17, 15) is 19.6 Å². The Morgan fingerprint density at radius 2 is 2.02 bits per heavy atom. The summed E-state index contributed by atoms with van der Waals surface area (Å²) in [6.45, 7) is 0.436. The first-order chi connectivity index (χ1) is 20.0. The highest BCUT2D eigenvalue weighted by atomic mass is 19.1. The number of nitrogens with two attached hydrogens (primary N) is 1. The van der Waals surface area contributed by atoms with Crippen molar-refractivity contribution in [1.29, 1.82) is 5.26 Å². The summed E-state index contributed by atoms with van der Waals surface area (Å²) < 4.78 is 14.9. The molecule has 0 bridgehead atoms. The smallest absolute Gasteiger partial charge is 0.185 e. The zero-order chi connectivity index (χ0) is 28.5. The Morgan fingerprint density at radius 3 is 2.80 bits per heavy atom. The molecular formula is C32H29FN6O2. The standard InChI is InChI=1S/C32H29FN6O2/c33-27-3-1-2-25(19-4-5-19)31(27)32-37-11-9-28(38-32)30(41)13-21-7-6-20(26-16-36-10-8-22(26)15-34)12-29(21)39-17-23(35)14-24(39)18-40/h1-3,6-12,16,19,23-24,40H,4-5,13-14,17-18,35H2/t23-,24-/m0/s1. The van der Waals surface area contributed by atoms with E-state index in [1.807, 2.05) is 29.2 Å². The molecule has 206 valence electrons. The lowest BCUT2D eigenvalue weighted by atomic mass is 9.96. The molecule has 9 heteroatoms. The summed E-state index contributed by atoms with van der Waals surface area (Å²) in [5.41, 5.74) is 11.1. The summed E-state index contributed by atoms with van der Waals surface area (Å²) in [6.07, 6.45) is 7.35. The minimum atomic E-state index is -0.399. The van der Waals surface area contributed by atoms with Gasteiger partial charge in [0.1, 0.15) is 11.5 Å². The van der Waals surface area contributed by atoms with E-state index in [0.717, 1.165) is 35.2 Å². The van der Waals surface area contributed by atoms with Crippen LogP contribution >= 0.6 is 0 Å². The molecule has 3 heterocycles. The fraction of sp³-hybridized carbons (Fsp3) is 0.281. The van der Waals surface area contributed by atoms with Gasteiger partial charge in [0.05, 0.1) is 29.8 Å². The van der Waals surface area contributed by atoms with E-state index < -0.39 is 5.82 Å². The van der Waals surface area contributed by atoms with Crippen LogP contribution in [0.4, 0.5) is 10.1 Å². The third-order valence-electron chi connectivity index (χ3n) is 7.88. The van der Waals surface area contributed by atoms with Crippen LogP contribution in [0, 0.1) is 17.1 Å². The number of carbonyl (C=O) groups excluding carboxylic acids is 1. The highest BCUT2D eigenvalue weighted by Gasteiger charge is 2.32. The number of aliphatic hydroxyl groups excluding tert-OH is 1. The van der Waals surface area contributed by atoms with E-state index >= 15 is 0 Å². The van der Waals surface area contributed by atoms with Crippen LogP contribution in [-0.2, 0) is 6.42 Å². The number of benzene rings is 2. The zero-order valence-electron chi connectivity index (χ0n) is 22.4. The van der Waals surface area contributed by atoms with Crippen molar-refractivity contribution in [1.82, 2.24) is 15.0 Å². The zero-order valence-corrected chi connectivity index (χ0v) is 22.4. The minimum Gasteiger partial charge on any atom is -0.394 e. The number of hydrogen-bond acceptors (Lipinski definition) is 8. The van der Waals surface area contributed by atoms with Gasteiger partial charge in [0.25, 0.3) is 0 Å². The fourth-order valence-corrected chi connectivity index (χ4v) is 5.70. The van der Waals surface area contributed by atoms with Crippen LogP contribution in [0.25, 0.3) is 22.5 Å². The Balaban J connectivity index is 1.37. The van der Waals surface area contributed by atoms with Crippen molar-refractivity contribution < 1.29 is 14.3 Å². The maximum Gasteiger partial charge on any atom is 0.185 e. The highest BCUT2D eigenvalue weighted by molar-refractivity contribution is 5.97. The van der Waals surface area contributed by atoms with Crippen molar-refractivity contribution in [3.8, 4) is 28.6 Å². The number of anilines is 1. The van der Waals surface area contributed by atoms with Gasteiger partial charge in [0.2, 0.25) is 0 Å². The predicted octanol–water partition coefficient (Wildman–Crippen LogP) is 4.42. The lowest BCUT2D eigenvalue weighted by molar-refractivity contribution is 0.0988. The Labute approximate surface area is 237 Å². The second-order valence-corrected chi connectivity index (χ2v) is 10.7. The van der Waals surface area contributed by atoms with Gasteiger partial charge in [-0.15, -0.1) is 0 Å². The summed E-state index contributed by atoms with van der Waals surface area (Å²) in [5, 5.41) is 19.7. The summed E-state index contributed by atoms with van der Waals surface area (Å²) >= 11 is 0. The van der Waals surface area contributed by atoms with Gasteiger partial charge in [-0.2, -0.15) is 5.26 Å².